The van der Waals surface area contributed by atoms with Gasteiger partial charge in [-0.25, -0.2) is 0 Å². The summed E-state index contributed by atoms with van der Waals surface area (Å²) in [6.07, 6.45) is 2.50. The molecule has 1 fully saturated rings. The number of benzene rings is 3. The Morgan fingerprint density at radius 3 is 2.11 bits per heavy atom. The van der Waals surface area contributed by atoms with E-state index in [0.717, 1.165) is 55.4 Å². The first kappa shape index (κ1) is 31.4. The molecule has 0 saturated carbocycles. The zero-order valence-corrected chi connectivity index (χ0v) is 26.1. The fourth-order valence-corrected chi connectivity index (χ4v) is 5.24. The number of hydrogen-bond donors (Lipinski definition) is 0. The lowest BCUT2D eigenvalue weighted by Gasteiger charge is -2.34. The smallest absolute Gasteiger partial charge is 0.298 e. The van der Waals surface area contributed by atoms with E-state index in [9.17, 15) is 0 Å². The van der Waals surface area contributed by atoms with Gasteiger partial charge in [0.2, 0.25) is 0 Å². The first-order valence-electron chi connectivity index (χ1n) is 15.2. The van der Waals surface area contributed by atoms with Gasteiger partial charge in [-0.2, -0.15) is 4.98 Å². The van der Waals surface area contributed by atoms with Gasteiger partial charge in [0.1, 0.15) is 23.5 Å². The SMILES string of the molecule is COc1cccc(CCOCCOCc2coc(N(Cc3cccc(OC)c3)Cc3cccc(N4CCN(C)CC4)c3)n2)c1. The molecule has 9 heteroatoms. The van der Waals surface area contributed by atoms with Crippen LogP contribution in [0.25, 0.3) is 0 Å². The van der Waals surface area contributed by atoms with Gasteiger partial charge in [-0.3, -0.25) is 0 Å². The second kappa shape index (κ2) is 16.1. The predicted octanol–water partition coefficient (Wildman–Crippen LogP) is 5.43. The Labute approximate surface area is 260 Å². The van der Waals surface area contributed by atoms with Gasteiger partial charge in [-0.05, 0) is 66.6 Å². The van der Waals surface area contributed by atoms with Gasteiger partial charge in [0, 0.05) is 45.0 Å². The van der Waals surface area contributed by atoms with Crippen LogP contribution in [0.4, 0.5) is 11.7 Å². The van der Waals surface area contributed by atoms with Gasteiger partial charge in [-0.1, -0.05) is 36.4 Å². The number of ether oxygens (including phenoxy) is 4. The minimum absolute atomic E-state index is 0.356. The van der Waals surface area contributed by atoms with Crippen molar-refractivity contribution in [1.29, 1.82) is 0 Å². The molecule has 4 aromatic rings. The lowest BCUT2D eigenvalue weighted by Crippen LogP contribution is -2.44. The van der Waals surface area contributed by atoms with Crippen molar-refractivity contribution >= 4 is 11.7 Å². The van der Waals surface area contributed by atoms with Crippen molar-refractivity contribution in [1.82, 2.24) is 9.88 Å². The second-order valence-electron chi connectivity index (χ2n) is 11.1. The quantitative estimate of drug-likeness (QED) is 0.157. The Hall–Kier alpha value is -4.05. The highest BCUT2D eigenvalue weighted by atomic mass is 16.5. The summed E-state index contributed by atoms with van der Waals surface area (Å²) < 4.78 is 28.4. The molecule has 9 nitrogen and oxygen atoms in total. The maximum absolute atomic E-state index is 6.00. The van der Waals surface area contributed by atoms with E-state index < -0.39 is 0 Å². The third-order valence-corrected chi connectivity index (χ3v) is 7.76. The third-order valence-electron chi connectivity index (χ3n) is 7.76. The number of methoxy groups -OCH3 is 2. The van der Waals surface area contributed by atoms with Gasteiger partial charge in [0.25, 0.3) is 6.01 Å². The van der Waals surface area contributed by atoms with Crippen molar-refractivity contribution in [3.8, 4) is 11.5 Å². The van der Waals surface area contributed by atoms with Crippen molar-refractivity contribution in [3.63, 3.8) is 0 Å². The van der Waals surface area contributed by atoms with Crippen LogP contribution in [0, 0.1) is 0 Å². The standard InChI is InChI=1S/C35H44N4O5/c1-37-14-16-38(17-15-37)32-10-4-8-29(21-32)24-39(25-30-9-6-12-34(23-30)41-3)35-36-31(27-44-35)26-43-20-19-42-18-13-28-7-5-11-33(22-28)40-2/h4-12,21-23,27H,13-20,24-26H2,1-3H3. The number of piperazine rings is 1. The highest BCUT2D eigenvalue weighted by Gasteiger charge is 2.18. The van der Waals surface area contributed by atoms with Crippen LogP contribution in [0.15, 0.2) is 83.5 Å². The van der Waals surface area contributed by atoms with Crippen LogP contribution < -0.4 is 19.3 Å². The molecule has 0 radical (unpaired) electrons. The Balaban J connectivity index is 1.17. The molecule has 0 unspecified atom stereocenters. The molecule has 44 heavy (non-hydrogen) atoms. The maximum atomic E-state index is 6.00. The van der Waals surface area contributed by atoms with Crippen LogP contribution in [0.1, 0.15) is 22.4 Å². The number of rotatable bonds is 16. The van der Waals surface area contributed by atoms with E-state index in [-0.39, 0.29) is 0 Å². The molecule has 1 aliphatic heterocycles. The van der Waals surface area contributed by atoms with E-state index in [4.69, 9.17) is 28.3 Å². The molecule has 2 heterocycles. The van der Waals surface area contributed by atoms with Crippen molar-refractivity contribution in [3.05, 3.63) is 101 Å². The molecule has 0 bridgehead atoms. The van der Waals surface area contributed by atoms with Crippen molar-refractivity contribution in [2.45, 2.75) is 26.1 Å². The number of likely N-dealkylation sites (N-methyl/N-ethyl adjacent to an activating group) is 1. The Morgan fingerprint density at radius 2 is 1.39 bits per heavy atom. The summed E-state index contributed by atoms with van der Waals surface area (Å²) in [7, 11) is 5.54. The van der Waals surface area contributed by atoms with E-state index in [2.05, 4.69) is 64.2 Å². The molecule has 5 rings (SSSR count). The lowest BCUT2D eigenvalue weighted by atomic mass is 10.1. The monoisotopic (exact) mass is 600 g/mol. The first-order valence-corrected chi connectivity index (χ1v) is 15.2. The van der Waals surface area contributed by atoms with Crippen LogP contribution in [-0.2, 0) is 35.6 Å². The van der Waals surface area contributed by atoms with Crippen LogP contribution in [0.5, 0.6) is 11.5 Å². The molecular formula is C35H44N4O5. The van der Waals surface area contributed by atoms with Gasteiger partial charge >= 0.3 is 0 Å². The van der Waals surface area contributed by atoms with Gasteiger partial charge < -0.3 is 38.1 Å². The number of oxazole rings is 1. The molecule has 0 spiro atoms. The number of aromatic nitrogens is 1. The van der Waals surface area contributed by atoms with E-state index in [1.54, 1.807) is 20.5 Å². The highest BCUT2D eigenvalue weighted by molar-refractivity contribution is 5.50. The Bertz CT molecular complexity index is 1440. The molecule has 234 valence electrons. The first-order chi connectivity index (χ1) is 21.6. The van der Waals surface area contributed by atoms with Crippen molar-refractivity contribution < 1.29 is 23.4 Å². The minimum Gasteiger partial charge on any atom is -0.497 e. The van der Waals surface area contributed by atoms with Gasteiger partial charge in [-0.15, -0.1) is 0 Å². The summed E-state index contributed by atoms with van der Waals surface area (Å²) in [5.74, 6) is 1.69. The predicted molar refractivity (Wildman–Crippen MR) is 173 cm³/mol. The molecule has 1 aromatic heterocycles. The normalized spacial score (nSPS) is 13.7. The number of anilines is 2. The number of hydrogen-bond acceptors (Lipinski definition) is 9. The molecule has 0 N–H and O–H groups in total. The maximum Gasteiger partial charge on any atom is 0.298 e. The summed E-state index contributed by atoms with van der Waals surface area (Å²) in [4.78, 5) is 11.8. The summed E-state index contributed by atoms with van der Waals surface area (Å²) in [6, 6.07) is 25.5. The molecular weight excluding hydrogens is 556 g/mol. The Morgan fingerprint density at radius 1 is 0.750 bits per heavy atom. The molecule has 0 aliphatic carbocycles. The molecule has 1 saturated heterocycles. The van der Waals surface area contributed by atoms with E-state index in [1.165, 1.54) is 16.8 Å². The van der Waals surface area contributed by atoms with E-state index in [0.29, 0.717) is 45.5 Å². The summed E-state index contributed by atoms with van der Waals surface area (Å²) in [6.45, 7) is 7.46. The average Bonchev–Trinajstić information content (AvgIpc) is 3.54. The molecule has 1 aliphatic rings. The molecule has 0 atom stereocenters. The third kappa shape index (κ3) is 9.22. The number of nitrogens with zero attached hydrogens (tertiary/aromatic N) is 4. The van der Waals surface area contributed by atoms with E-state index >= 15 is 0 Å². The van der Waals surface area contributed by atoms with Crippen molar-refractivity contribution in [2.24, 2.45) is 0 Å². The van der Waals surface area contributed by atoms with E-state index in [1.807, 2.05) is 30.3 Å². The van der Waals surface area contributed by atoms with Crippen LogP contribution >= 0.6 is 0 Å². The summed E-state index contributed by atoms with van der Waals surface area (Å²) in [5, 5.41) is 0. The zero-order valence-electron chi connectivity index (χ0n) is 26.1. The average molecular weight is 601 g/mol. The van der Waals surface area contributed by atoms with Gasteiger partial charge in [0.15, 0.2) is 0 Å². The second-order valence-corrected chi connectivity index (χ2v) is 11.1. The largest absolute Gasteiger partial charge is 0.497 e. The molecule has 0 amide bonds. The summed E-state index contributed by atoms with van der Waals surface area (Å²) in [5.41, 5.74) is 5.50. The topological polar surface area (TPSA) is 72.7 Å². The summed E-state index contributed by atoms with van der Waals surface area (Å²) >= 11 is 0. The fraction of sp³-hybridized carbons (Fsp3) is 0.400. The van der Waals surface area contributed by atoms with Gasteiger partial charge in [0.05, 0.1) is 40.6 Å². The van der Waals surface area contributed by atoms with Crippen molar-refractivity contribution in [2.75, 3.05) is 77.1 Å². The lowest BCUT2D eigenvalue weighted by molar-refractivity contribution is 0.0405. The fourth-order valence-electron chi connectivity index (χ4n) is 5.24. The van der Waals surface area contributed by atoms with Crippen LogP contribution in [0.3, 0.4) is 0 Å². The highest BCUT2D eigenvalue weighted by Crippen LogP contribution is 2.25. The molecule has 3 aromatic carbocycles. The zero-order chi connectivity index (χ0) is 30.6. The minimum atomic E-state index is 0.356. The van der Waals surface area contributed by atoms with Crippen LogP contribution in [-0.4, -0.2) is 77.2 Å². The van der Waals surface area contributed by atoms with Crippen LogP contribution in [0.2, 0.25) is 0 Å². The Kier molecular flexibility index (Phi) is 11.5.